The Hall–Kier alpha value is -0.440. The quantitative estimate of drug-likeness (QED) is 0.0750. The lowest BCUT2D eigenvalue weighted by atomic mass is 10.1. The summed E-state index contributed by atoms with van der Waals surface area (Å²) in [7, 11) is 0. The molecule has 0 saturated heterocycles. The highest BCUT2D eigenvalue weighted by molar-refractivity contribution is 4.71. The maximum Gasteiger partial charge on any atom is 0.116 e. The molecule has 3 atom stereocenters. The first-order valence-corrected chi connectivity index (χ1v) is 13.1. The van der Waals surface area contributed by atoms with E-state index in [0.29, 0.717) is 65.3 Å². The molecular formula is C25H53NO10. The largest absolute Gasteiger partial charge is 0.396 e. The summed E-state index contributed by atoms with van der Waals surface area (Å²) >= 11 is 0. The highest BCUT2D eigenvalue weighted by atomic mass is 16.5. The minimum atomic E-state index is -0.860. The predicted molar refractivity (Wildman–Crippen MR) is 136 cm³/mol. The lowest BCUT2D eigenvalue weighted by molar-refractivity contribution is -0.0993. The Morgan fingerprint density at radius 1 is 0.583 bits per heavy atom. The molecule has 0 aromatic heterocycles. The van der Waals surface area contributed by atoms with Gasteiger partial charge >= 0.3 is 0 Å². The average Bonchev–Trinajstić information content (AvgIpc) is 2.81. The number of rotatable bonds is 27. The predicted octanol–water partition coefficient (Wildman–Crippen LogP) is 0.587. The molecule has 0 bridgehead atoms. The van der Waals surface area contributed by atoms with Crippen LogP contribution in [0.5, 0.6) is 0 Å². The van der Waals surface area contributed by atoms with E-state index in [9.17, 15) is 10.2 Å². The molecule has 0 spiro atoms. The lowest BCUT2D eigenvalue weighted by Crippen LogP contribution is -2.42. The molecule has 11 nitrogen and oxygen atoms in total. The number of aliphatic hydroxyl groups excluding tert-OH is 4. The molecule has 0 heterocycles. The van der Waals surface area contributed by atoms with E-state index in [1.807, 2.05) is 13.8 Å². The van der Waals surface area contributed by atoms with E-state index in [4.69, 9.17) is 44.4 Å². The van der Waals surface area contributed by atoms with Crippen LogP contribution in [-0.4, -0.2) is 123 Å². The number of hydrogen-bond donors (Lipinski definition) is 5. The smallest absolute Gasteiger partial charge is 0.116 e. The maximum absolute atomic E-state index is 9.85. The van der Waals surface area contributed by atoms with Crippen molar-refractivity contribution in [3.05, 3.63) is 0 Å². The van der Waals surface area contributed by atoms with Crippen molar-refractivity contribution in [1.82, 2.24) is 0 Å². The number of ether oxygens (including phenoxy) is 6. The van der Waals surface area contributed by atoms with Crippen LogP contribution < -0.4 is 5.73 Å². The molecule has 218 valence electrons. The van der Waals surface area contributed by atoms with E-state index in [0.717, 1.165) is 12.8 Å². The molecule has 3 unspecified atom stereocenters. The number of hydrogen-bond acceptors (Lipinski definition) is 11. The molecule has 0 aromatic carbocycles. The van der Waals surface area contributed by atoms with Gasteiger partial charge in [0.15, 0.2) is 0 Å². The van der Waals surface area contributed by atoms with Crippen LogP contribution in [0.2, 0.25) is 0 Å². The summed E-state index contributed by atoms with van der Waals surface area (Å²) in [5, 5.41) is 37.1. The highest BCUT2D eigenvalue weighted by Gasteiger charge is 2.23. The molecule has 0 aliphatic rings. The molecule has 0 aromatic rings. The second-order valence-corrected chi connectivity index (χ2v) is 9.74. The third kappa shape index (κ3) is 23.9. The zero-order valence-corrected chi connectivity index (χ0v) is 22.7. The van der Waals surface area contributed by atoms with Crippen molar-refractivity contribution in [2.75, 3.05) is 79.3 Å². The van der Waals surface area contributed by atoms with Gasteiger partial charge in [0.05, 0.1) is 58.5 Å². The van der Waals surface area contributed by atoms with E-state index in [-0.39, 0.29) is 39.6 Å². The summed E-state index contributed by atoms with van der Waals surface area (Å²) in [6, 6.07) is 0. The summed E-state index contributed by atoms with van der Waals surface area (Å²) in [5.74, 6) is 0. The summed E-state index contributed by atoms with van der Waals surface area (Å²) in [4.78, 5) is 0. The van der Waals surface area contributed by atoms with Crippen LogP contribution in [0.15, 0.2) is 0 Å². The van der Waals surface area contributed by atoms with Crippen LogP contribution >= 0.6 is 0 Å². The van der Waals surface area contributed by atoms with Gasteiger partial charge < -0.3 is 54.6 Å². The Kier molecular flexibility index (Phi) is 22.3. The van der Waals surface area contributed by atoms with Crippen LogP contribution in [0, 0.1) is 0 Å². The minimum absolute atomic E-state index is 0.144. The molecule has 0 saturated carbocycles. The molecular weight excluding hydrogens is 474 g/mol. The van der Waals surface area contributed by atoms with Crippen LogP contribution in [-0.2, 0) is 28.4 Å². The van der Waals surface area contributed by atoms with Crippen molar-refractivity contribution >= 4 is 0 Å². The SMILES string of the molecule is CC(C)(CCOC(C)(N)CCOCC(O)COCCCCO)OCCOCC(O)COCCCCO. The molecule has 36 heavy (non-hydrogen) atoms. The summed E-state index contributed by atoms with van der Waals surface area (Å²) in [6.45, 7) is 9.29. The third-order valence-corrected chi connectivity index (χ3v) is 5.23. The van der Waals surface area contributed by atoms with Gasteiger partial charge in [-0.1, -0.05) is 0 Å². The van der Waals surface area contributed by atoms with Crippen LogP contribution in [0.25, 0.3) is 0 Å². The van der Waals surface area contributed by atoms with Crippen LogP contribution in [0.3, 0.4) is 0 Å². The molecule has 6 N–H and O–H groups in total. The van der Waals surface area contributed by atoms with E-state index in [1.54, 1.807) is 6.92 Å². The van der Waals surface area contributed by atoms with Gasteiger partial charge in [0.2, 0.25) is 0 Å². The van der Waals surface area contributed by atoms with E-state index < -0.39 is 23.5 Å². The summed E-state index contributed by atoms with van der Waals surface area (Å²) < 4.78 is 33.3. The number of nitrogens with two attached hydrogens (primary N) is 1. The van der Waals surface area contributed by atoms with Gasteiger partial charge in [-0.25, -0.2) is 0 Å². The zero-order chi connectivity index (χ0) is 27.1. The second-order valence-electron chi connectivity index (χ2n) is 9.74. The van der Waals surface area contributed by atoms with E-state index in [2.05, 4.69) is 0 Å². The Labute approximate surface area is 217 Å². The highest BCUT2D eigenvalue weighted by Crippen LogP contribution is 2.17. The number of aliphatic hydroxyl groups is 4. The van der Waals surface area contributed by atoms with Crippen LogP contribution in [0.4, 0.5) is 0 Å². The fourth-order valence-electron chi connectivity index (χ4n) is 2.93. The number of unbranched alkanes of at least 4 members (excludes halogenated alkanes) is 2. The fourth-order valence-corrected chi connectivity index (χ4v) is 2.93. The van der Waals surface area contributed by atoms with Crippen molar-refractivity contribution in [1.29, 1.82) is 0 Å². The van der Waals surface area contributed by atoms with Crippen LogP contribution in [0.1, 0.15) is 59.3 Å². The standard InChI is InChI=1S/C25H53NO10/c1-24(2,35-17-16-34-21-23(30)19-32-13-7-5-11-28)8-15-36-25(3,26)9-14-33-20-22(29)18-31-12-6-4-10-27/h22-23,27-30H,4-21,26H2,1-3H3. The third-order valence-electron chi connectivity index (χ3n) is 5.23. The fraction of sp³-hybridized carbons (Fsp3) is 1.00. The van der Waals surface area contributed by atoms with Gasteiger partial charge in [-0.15, -0.1) is 0 Å². The van der Waals surface area contributed by atoms with E-state index >= 15 is 0 Å². The van der Waals surface area contributed by atoms with Crippen molar-refractivity contribution < 1.29 is 48.8 Å². The first-order valence-electron chi connectivity index (χ1n) is 13.1. The Bertz CT molecular complexity index is 482. The Morgan fingerprint density at radius 2 is 1.06 bits per heavy atom. The van der Waals surface area contributed by atoms with Gasteiger partial charge in [-0.3, -0.25) is 0 Å². The molecule has 0 aliphatic carbocycles. The van der Waals surface area contributed by atoms with Gasteiger partial charge in [0.25, 0.3) is 0 Å². The van der Waals surface area contributed by atoms with Crippen molar-refractivity contribution in [2.45, 2.75) is 82.8 Å². The topological polar surface area (TPSA) is 162 Å². The summed E-state index contributed by atoms with van der Waals surface area (Å²) in [6.07, 6.45) is 2.62. The van der Waals surface area contributed by atoms with E-state index in [1.165, 1.54) is 0 Å². The molecule has 0 fully saturated rings. The second kappa shape index (κ2) is 22.5. The Balaban J connectivity index is 3.78. The first kappa shape index (κ1) is 35.6. The average molecular weight is 528 g/mol. The lowest BCUT2D eigenvalue weighted by Gasteiger charge is -2.29. The normalized spacial score (nSPS) is 15.7. The van der Waals surface area contributed by atoms with Gasteiger partial charge in [-0.2, -0.15) is 0 Å². The first-order chi connectivity index (χ1) is 17.1. The van der Waals surface area contributed by atoms with Gasteiger partial charge in [-0.05, 0) is 52.9 Å². The molecule has 0 aliphatic heterocycles. The molecule has 0 amide bonds. The molecule has 11 heteroatoms. The Morgan fingerprint density at radius 3 is 1.56 bits per heavy atom. The van der Waals surface area contributed by atoms with Gasteiger partial charge in [0, 0.05) is 32.8 Å². The monoisotopic (exact) mass is 527 g/mol. The van der Waals surface area contributed by atoms with Crippen molar-refractivity contribution in [2.24, 2.45) is 5.73 Å². The zero-order valence-electron chi connectivity index (χ0n) is 22.7. The molecule has 0 radical (unpaired) electrons. The van der Waals surface area contributed by atoms with Crippen molar-refractivity contribution in [3.63, 3.8) is 0 Å². The van der Waals surface area contributed by atoms with Crippen molar-refractivity contribution in [3.8, 4) is 0 Å². The maximum atomic E-state index is 9.85. The molecule has 0 rings (SSSR count). The minimum Gasteiger partial charge on any atom is -0.396 e. The van der Waals surface area contributed by atoms with Gasteiger partial charge in [0.1, 0.15) is 17.9 Å². The summed E-state index contributed by atoms with van der Waals surface area (Å²) in [5.41, 5.74) is 4.92.